The third-order valence-electron chi connectivity index (χ3n) is 2.92. The largest absolute Gasteiger partial charge is 0.352 e. The van der Waals surface area contributed by atoms with Crippen LogP contribution in [0.5, 0.6) is 0 Å². The van der Waals surface area contributed by atoms with Gasteiger partial charge in [-0.3, -0.25) is 15.0 Å². The number of hydrogen-bond donors (Lipinski definition) is 3. The second-order valence-corrected chi connectivity index (χ2v) is 4.29. The molecule has 96 valence electrons. The number of aryl methyl sites for hydroxylation is 3. The second kappa shape index (κ2) is 5.48. The number of rotatable bonds is 5. The molecule has 0 aliphatic rings. The fourth-order valence-corrected chi connectivity index (χ4v) is 1.78. The van der Waals surface area contributed by atoms with E-state index in [1.165, 1.54) is 5.56 Å². The minimum Gasteiger partial charge on any atom is -0.352 e. The zero-order valence-corrected chi connectivity index (χ0v) is 10.6. The number of nitrogens with one attached hydrogen (secondary N) is 3. The molecule has 0 aromatic carbocycles. The Balaban J connectivity index is 1.75. The van der Waals surface area contributed by atoms with Crippen LogP contribution in [0.2, 0.25) is 0 Å². The molecule has 0 fully saturated rings. The summed E-state index contributed by atoms with van der Waals surface area (Å²) in [6, 6.07) is 0. The molecule has 0 saturated carbocycles. The van der Waals surface area contributed by atoms with Crippen molar-refractivity contribution in [3.63, 3.8) is 0 Å². The summed E-state index contributed by atoms with van der Waals surface area (Å²) in [4.78, 5) is 11.8. The number of aromatic amines is 2. The van der Waals surface area contributed by atoms with Crippen LogP contribution in [0.15, 0.2) is 12.4 Å². The minimum atomic E-state index is -0.0786. The van der Waals surface area contributed by atoms with Crippen molar-refractivity contribution in [1.29, 1.82) is 0 Å². The van der Waals surface area contributed by atoms with E-state index in [0.717, 1.165) is 24.2 Å². The third-order valence-corrected chi connectivity index (χ3v) is 2.92. The van der Waals surface area contributed by atoms with Crippen LogP contribution in [0.3, 0.4) is 0 Å². The normalized spacial score (nSPS) is 10.6. The number of hydrogen-bond acceptors (Lipinski definition) is 3. The second-order valence-electron chi connectivity index (χ2n) is 4.29. The molecule has 2 aromatic heterocycles. The summed E-state index contributed by atoms with van der Waals surface area (Å²) in [5.74, 6) is -0.0786. The van der Waals surface area contributed by atoms with E-state index in [9.17, 15) is 4.79 Å². The molecule has 0 unspecified atom stereocenters. The van der Waals surface area contributed by atoms with E-state index in [4.69, 9.17) is 0 Å². The molecule has 2 aromatic rings. The first-order valence-electron chi connectivity index (χ1n) is 5.95. The van der Waals surface area contributed by atoms with Gasteiger partial charge < -0.3 is 5.32 Å². The van der Waals surface area contributed by atoms with E-state index >= 15 is 0 Å². The average Bonchev–Trinajstić information content (AvgIpc) is 2.94. The van der Waals surface area contributed by atoms with E-state index in [2.05, 4.69) is 25.7 Å². The summed E-state index contributed by atoms with van der Waals surface area (Å²) in [5, 5.41) is 16.3. The number of H-pyrrole nitrogens is 2. The average molecular weight is 247 g/mol. The number of carbonyl (C=O) groups excluding carboxylic acids is 1. The maximum absolute atomic E-state index is 11.8. The van der Waals surface area contributed by atoms with Crippen LogP contribution in [-0.4, -0.2) is 32.8 Å². The van der Waals surface area contributed by atoms with E-state index in [1.807, 2.05) is 20.0 Å². The molecule has 6 nitrogen and oxygen atoms in total. The number of aromatic nitrogens is 4. The Labute approximate surface area is 105 Å². The van der Waals surface area contributed by atoms with Gasteiger partial charge in [0.1, 0.15) is 0 Å². The van der Waals surface area contributed by atoms with Gasteiger partial charge in [0.2, 0.25) is 0 Å². The van der Waals surface area contributed by atoms with Crippen LogP contribution in [0.25, 0.3) is 0 Å². The third kappa shape index (κ3) is 2.77. The predicted molar refractivity (Wildman–Crippen MR) is 67.3 cm³/mol. The summed E-state index contributed by atoms with van der Waals surface area (Å²) >= 11 is 0. The number of nitrogens with zero attached hydrogens (tertiary/aromatic N) is 2. The van der Waals surface area contributed by atoms with Crippen molar-refractivity contribution >= 4 is 5.91 Å². The maximum Gasteiger partial charge on any atom is 0.254 e. The lowest BCUT2D eigenvalue weighted by Crippen LogP contribution is -2.25. The van der Waals surface area contributed by atoms with Crippen LogP contribution >= 0.6 is 0 Å². The highest BCUT2D eigenvalue weighted by atomic mass is 16.1. The van der Waals surface area contributed by atoms with Crippen molar-refractivity contribution < 1.29 is 4.79 Å². The molecular weight excluding hydrogens is 230 g/mol. The highest BCUT2D eigenvalue weighted by Crippen LogP contribution is 2.06. The molecule has 0 aliphatic heterocycles. The zero-order chi connectivity index (χ0) is 13.0. The van der Waals surface area contributed by atoms with Crippen molar-refractivity contribution in [1.82, 2.24) is 25.7 Å². The fourth-order valence-electron chi connectivity index (χ4n) is 1.78. The Kier molecular flexibility index (Phi) is 3.76. The van der Waals surface area contributed by atoms with E-state index in [-0.39, 0.29) is 5.91 Å². The van der Waals surface area contributed by atoms with Crippen molar-refractivity contribution in [2.45, 2.75) is 26.7 Å². The summed E-state index contributed by atoms with van der Waals surface area (Å²) in [6.07, 6.45) is 5.18. The molecule has 6 heteroatoms. The van der Waals surface area contributed by atoms with Gasteiger partial charge in [-0.25, -0.2) is 0 Å². The number of carbonyl (C=O) groups is 1. The molecule has 3 N–H and O–H groups in total. The van der Waals surface area contributed by atoms with E-state index < -0.39 is 0 Å². The van der Waals surface area contributed by atoms with Crippen LogP contribution in [-0.2, 0) is 6.42 Å². The molecular formula is C12H17N5O. The van der Waals surface area contributed by atoms with Gasteiger partial charge in [-0.2, -0.15) is 10.2 Å². The van der Waals surface area contributed by atoms with Gasteiger partial charge in [-0.05, 0) is 32.3 Å². The first-order valence-corrected chi connectivity index (χ1v) is 5.95. The van der Waals surface area contributed by atoms with E-state index in [1.54, 1.807) is 6.20 Å². The first kappa shape index (κ1) is 12.3. The Morgan fingerprint density at radius 3 is 2.56 bits per heavy atom. The quantitative estimate of drug-likeness (QED) is 0.692. The highest BCUT2D eigenvalue weighted by molar-refractivity contribution is 5.94. The highest BCUT2D eigenvalue weighted by Gasteiger charge is 2.09. The van der Waals surface area contributed by atoms with Crippen LogP contribution < -0.4 is 5.32 Å². The predicted octanol–water partition coefficient (Wildman–Crippen LogP) is 1.11. The summed E-state index contributed by atoms with van der Waals surface area (Å²) in [5.41, 5.74) is 3.68. The molecule has 2 heterocycles. The lowest BCUT2D eigenvalue weighted by Gasteiger charge is -2.04. The monoisotopic (exact) mass is 247 g/mol. The summed E-state index contributed by atoms with van der Waals surface area (Å²) < 4.78 is 0. The van der Waals surface area contributed by atoms with Gasteiger partial charge in [0.25, 0.3) is 5.91 Å². The van der Waals surface area contributed by atoms with Crippen LogP contribution in [0, 0.1) is 13.8 Å². The fraction of sp³-hybridized carbons (Fsp3) is 0.417. The molecule has 18 heavy (non-hydrogen) atoms. The molecule has 2 rings (SSSR count). The SMILES string of the molecule is Cc1[nH]ncc1CCCNC(=O)c1cn[nH]c1C. The van der Waals surface area contributed by atoms with Crippen molar-refractivity contribution in [2.75, 3.05) is 6.54 Å². The smallest absolute Gasteiger partial charge is 0.254 e. The summed E-state index contributed by atoms with van der Waals surface area (Å²) in [7, 11) is 0. The van der Waals surface area contributed by atoms with Gasteiger partial charge in [0.15, 0.2) is 0 Å². The topological polar surface area (TPSA) is 86.5 Å². The van der Waals surface area contributed by atoms with Crippen LogP contribution in [0.4, 0.5) is 0 Å². The lowest BCUT2D eigenvalue weighted by atomic mass is 10.1. The molecule has 0 saturated heterocycles. The van der Waals surface area contributed by atoms with Crippen LogP contribution in [0.1, 0.15) is 33.7 Å². The first-order chi connectivity index (χ1) is 8.68. The molecule has 0 aliphatic carbocycles. The van der Waals surface area contributed by atoms with Crippen molar-refractivity contribution in [2.24, 2.45) is 0 Å². The van der Waals surface area contributed by atoms with Gasteiger partial charge in [0.05, 0.1) is 18.0 Å². The van der Waals surface area contributed by atoms with Gasteiger partial charge in [-0.15, -0.1) is 0 Å². The van der Waals surface area contributed by atoms with Crippen molar-refractivity contribution in [3.8, 4) is 0 Å². The Morgan fingerprint density at radius 1 is 1.22 bits per heavy atom. The lowest BCUT2D eigenvalue weighted by molar-refractivity contribution is 0.0952. The van der Waals surface area contributed by atoms with E-state index in [0.29, 0.717) is 12.1 Å². The van der Waals surface area contributed by atoms with Gasteiger partial charge in [0, 0.05) is 17.9 Å². The van der Waals surface area contributed by atoms with Gasteiger partial charge in [-0.1, -0.05) is 0 Å². The maximum atomic E-state index is 11.8. The molecule has 1 amide bonds. The number of amides is 1. The Hall–Kier alpha value is -2.11. The van der Waals surface area contributed by atoms with Crippen molar-refractivity contribution in [3.05, 3.63) is 34.9 Å². The molecule has 0 atom stereocenters. The standard InChI is InChI=1S/C12H17N5O/c1-8-10(6-14-16-8)4-3-5-13-12(18)11-7-15-17-9(11)2/h6-7H,3-5H2,1-2H3,(H,13,18)(H,14,16)(H,15,17). The zero-order valence-electron chi connectivity index (χ0n) is 10.6. The van der Waals surface area contributed by atoms with Gasteiger partial charge >= 0.3 is 0 Å². The molecule has 0 spiro atoms. The molecule has 0 bridgehead atoms. The minimum absolute atomic E-state index is 0.0786. The molecule has 0 radical (unpaired) electrons. The summed E-state index contributed by atoms with van der Waals surface area (Å²) in [6.45, 7) is 4.47. The Morgan fingerprint density at radius 2 is 1.94 bits per heavy atom. The Bertz CT molecular complexity index is 528.